The number of ether oxygens (including phenoxy) is 1. The van der Waals surface area contributed by atoms with Gasteiger partial charge < -0.3 is 19.6 Å². The van der Waals surface area contributed by atoms with Crippen LogP contribution < -0.4 is 0 Å². The Balaban J connectivity index is 1.32. The van der Waals surface area contributed by atoms with Crippen molar-refractivity contribution in [3.05, 3.63) is 65.7 Å². The Labute approximate surface area is 248 Å². The molecule has 3 aliphatic rings. The van der Waals surface area contributed by atoms with Crippen molar-refractivity contribution in [3.63, 3.8) is 0 Å². The maximum Gasteiger partial charge on any atom is 0.222 e. The molecule has 5 rings (SSSR count). The number of piperidine rings is 1. The van der Waals surface area contributed by atoms with Gasteiger partial charge in [-0.25, -0.2) is 0 Å². The number of methoxy groups -OCH3 is 1. The minimum Gasteiger partial charge on any atom is -0.508 e. The number of amides is 1. The van der Waals surface area contributed by atoms with E-state index in [2.05, 4.69) is 60.0 Å². The van der Waals surface area contributed by atoms with Crippen LogP contribution in [0, 0.1) is 17.8 Å². The molecule has 2 aromatic carbocycles. The quantitative estimate of drug-likeness (QED) is 0.273. The maximum atomic E-state index is 13.9. The van der Waals surface area contributed by atoms with Gasteiger partial charge in [-0.2, -0.15) is 0 Å². The average molecular weight is 561 g/mol. The Morgan fingerprint density at radius 3 is 2.61 bits per heavy atom. The van der Waals surface area contributed by atoms with Gasteiger partial charge in [0.2, 0.25) is 5.91 Å². The molecular weight excluding hydrogens is 508 g/mol. The zero-order chi connectivity index (χ0) is 28.8. The fourth-order valence-electron chi connectivity index (χ4n) is 7.79. The molecule has 1 amide bonds. The number of nitrogens with zero attached hydrogens (tertiary/aromatic N) is 2. The van der Waals surface area contributed by atoms with E-state index in [1.807, 2.05) is 19.2 Å². The van der Waals surface area contributed by atoms with Crippen molar-refractivity contribution >= 4 is 5.91 Å². The SMILES string of the molecule is COC1CC(N(CC(C)C)C(=O)CCCCCc2ccccc2)CC2(c3cccc(O)c3)CCN(CC3CC3)CC12. The number of carbonyl (C=O) groups is 1. The molecule has 5 nitrogen and oxygen atoms in total. The third kappa shape index (κ3) is 7.53. The monoisotopic (exact) mass is 560 g/mol. The van der Waals surface area contributed by atoms with Gasteiger partial charge in [-0.3, -0.25) is 4.79 Å². The van der Waals surface area contributed by atoms with Crippen molar-refractivity contribution in [1.29, 1.82) is 0 Å². The molecule has 4 unspecified atom stereocenters. The van der Waals surface area contributed by atoms with E-state index in [1.54, 1.807) is 6.07 Å². The number of fused-ring (bicyclic) bond motifs is 1. The van der Waals surface area contributed by atoms with E-state index in [0.717, 1.165) is 70.5 Å². The highest BCUT2D eigenvalue weighted by molar-refractivity contribution is 5.76. The topological polar surface area (TPSA) is 53.0 Å². The van der Waals surface area contributed by atoms with Gasteiger partial charge in [-0.1, -0.05) is 62.7 Å². The van der Waals surface area contributed by atoms with Crippen LogP contribution in [0.4, 0.5) is 0 Å². The molecule has 0 radical (unpaired) electrons. The Morgan fingerprint density at radius 1 is 1.10 bits per heavy atom. The predicted octanol–water partition coefficient (Wildman–Crippen LogP) is 6.83. The number of likely N-dealkylation sites (tertiary alicyclic amines) is 1. The van der Waals surface area contributed by atoms with Crippen LogP contribution in [0.2, 0.25) is 0 Å². The van der Waals surface area contributed by atoms with Gasteiger partial charge in [0.1, 0.15) is 5.75 Å². The summed E-state index contributed by atoms with van der Waals surface area (Å²) >= 11 is 0. The number of aryl methyl sites for hydroxylation is 1. The molecule has 0 spiro atoms. The second-order valence-electron chi connectivity index (χ2n) is 13.6. The van der Waals surface area contributed by atoms with Crippen LogP contribution >= 0.6 is 0 Å². The molecule has 5 heteroatoms. The molecule has 3 fully saturated rings. The van der Waals surface area contributed by atoms with Crippen molar-refractivity contribution in [2.75, 3.05) is 33.3 Å². The zero-order valence-corrected chi connectivity index (χ0v) is 25.6. The molecule has 0 bridgehead atoms. The van der Waals surface area contributed by atoms with E-state index in [4.69, 9.17) is 4.74 Å². The smallest absolute Gasteiger partial charge is 0.222 e. The fourth-order valence-corrected chi connectivity index (χ4v) is 7.79. The number of rotatable bonds is 13. The summed E-state index contributed by atoms with van der Waals surface area (Å²) in [7, 11) is 1.86. The molecule has 1 heterocycles. The Hall–Kier alpha value is -2.37. The first-order valence-electron chi connectivity index (χ1n) is 16.3. The van der Waals surface area contributed by atoms with E-state index in [1.165, 1.54) is 30.5 Å². The lowest BCUT2D eigenvalue weighted by Crippen LogP contribution is -2.62. The molecule has 2 saturated carbocycles. The second kappa shape index (κ2) is 13.7. The van der Waals surface area contributed by atoms with Gasteiger partial charge in [-0.15, -0.1) is 0 Å². The maximum absolute atomic E-state index is 13.9. The second-order valence-corrected chi connectivity index (χ2v) is 13.6. The molecular formula is C36H52N2O3. The summed E-state index contributed by atoms with van der Waals surface area (Å²) in [5.41, 5.74) is 2.49. The average Bonchev–Trinajstić information content (AvgIpc) is 3.79. The zero-order valence-electron chi connectivity index (χ0n) is 25.6. The molecule has 1 aliphatic heterocycles. The highest BCUT2D eigenvalue weighted by Gasteiger charge is 2.54. The molecule has 224 valence electrons. The van der Waals surface area contributed by atoms with Crippen LogP contribution in [0.3, 0.4) is 0 Å². The fraction of sp³-hybridized carbons (Fsp3) is 0.639. The van der Waals surface area contributed by atoms with Gasteiger partial charge in [-0.05, 0) is 93.0 Å². The number of carbonyl (C=O) groups excluding carboxylic acids is 1. The van der Waals surface area contributed by atoms with E-state index < -0.39 is 0 Å². The number of phenols is 1. The summed E-state index contributed by atoms with van der Waals surface area (Å²) in [6.45, 7) is 8.55. The van der Waals surface area contributed by atoms with Crippen LogP contribution in [0.1, 0.15) is 82.8 Å². The lowest BCUT2D eigenvalue weighted by molar-refractivity contribution is -0.141. The number of hydrogen-bond acceptors (Lipinski definition) is 4. The van der Waals surface area contributed by atoms with Gasteiger partial charge in [0, 0.05) is 50.5 Å². The van der Waals surface area contributed by atoms with Crippen LogP contribution in [-0.2, 0) is 21.4 Å². The largest absolute Gasteiger partial charge is 0.508 e. The van der Waals surface area contributed by atoms with Crippen molar-refractivity contribution in [1.82, 2.24) is 9.80 Å². The van der Waals surface area contributed by atoms with Gasteiger partial charge >= 0.3 is 0 Å². The molecule has 4 atom stereocenters. The third-order valence-electron chi connectivity index (χ3n) is 10.1. The minimum atomic E-state index is -0.104. The van der Waals surface area contributed by atoms with Gasteiger partial charge in [0.15, 0.2) is 0 Å². The lowest BCUT2D eigenvalue weighted by atomic mass is 9.56. The normalized spacial score (nSPS) is 26.6. The standard InChI is InChI=1S/C36H52N2O3/c1-27(2)24-38(35(40)16-9-5-8-13-28-11-6-4-7-12-28)31-22-34(41-3)33-26-37(25-29-17-18-29)20-19-36(33,23-31)30-14-10-15-32(39)21-30/h4,6-7,10-12,14-15,21,27,29,31,33-34,39H,5,8-9,13,16-20,22-26H2,1-3H3. The van der Waals surface area contributed by atoms with E-state index in [-0.39, 0.29) is 17.6 Å². The predicted molar refractivity (Wildman–Crippen MR) is 166 cm³/mol. The first kappa shape index (κ1) is 30.1. The Bertz CT molecular complexity index is 1120. The number of phenolic OH excluding ortho intramolecular Hbond substituents is 1. The summed E-state index contributed by atoms with van der Waals surface area (Å²) in [5.74, 6) is 2.26. The third-order valence-corrected chi connectivity index (χ3v) is 10.1. The number of benzene rings is 2. The Morgan fingerprint density at radius 2 is 1.90 bits per heavy atom. The van der Waals surface area contributed by atoms with E-state index >= 15 is 0 Å². The van der Waals surface area contributed by atoms with Crippen molar-refractivity contribution in [2.24, 2.45) is 17.8 Å². The molecule has 2 aromatic rings. The summed E-state index contributed by atoms with van der Waals surface area (Å²) in [6.07, 6.45) is 10.6. The van der Waals surface area contributed by atoms with Crippen molar-refractivity contribution in [2.45, 2.75) is 95.6 Å². The van der Waals surface area contributed by atoms with Crippen molar-refractivity contribution < 1.29 is 14.6 Å². The summed E-state index contributed by atoms with van der Waals surface area (Å²) in [6, 6.07) is 18.8. The molecule has 41 heavy (non-hydrogen) atoms. The van der Waals surface area contributed by atoms with E-state index in [9.17, 15) is 9.90 Å². The molecule has 2 aliphatic carbocycles. The first-order chi connectivity index (χ1) is 19.9. The number of unbranched alkanes of at least 4 members (excludes halogenated alkanes) is 2. The highest BCUT2D eigenvalue weighted by Crippen LogP contribution is 2.52. The lowest BCUT2D eigenvalue weighted by Gasteiger charge is -2.57. The van der Waals surface area contributed by atoms with Crippen LogP contribution in [0.5, 0.6) is 5.75 Å². The van der Waals surface area contributed by atoms with Gasteiger partial charge in [0.05, 0.1) is 6.10 Å². The summed E-state index contributed by atoms with van der Waals surface area (Å²) in [5, 5.41) is 10.5. The molecule has 0 aromatic heterocycles. The highest BCUT2D eigenvalue weighted by atomic mass is 16.5. The van der Waals surface area contributed by atoms with Crippen LogP contribution in [0.15, 0.2) is 54.6 Å². The number of hydrogen-bond donors (Lipinski definition) is 1. The first-order valence-corrected chi connectivity index (χ1v) is 16.3. The van der Waals surface area contributed by atoms with Crippen LogP contribution in [-0.4, -0.2) is 66.2 Å². The van der Waals surface area contributed by atoms with Crippen molar-refractivity contribution in [3.8, 4) is 5.75 Å². The minimum absolute atomic E-state index is 0.0893. The molecule has 1 saturated heterocycles. The summed E-state index contributed by atoms with van der Waals surface area (Å²) in [4.78, 5) is 18.8. The van der Waals surface area contributed by atoms with Gasteiger partial charge in [0.25, 0.3) is 0 Å². The van der Waals surface area contributed by atoms with Crippen LogP contribution in [0.25, 0.3) is 0 Å². The number of aromatic hydroxyl groups is 1. The Kier molecular flexibility index (Phi) is 10.1. The van der Waals surface area contributed by atoms with E-state index in [0.29, 0.717) is 29.9 Å². The summed E-state index contributed by atoms with van der Waals surface area (Å²) < 4.78 is 6.30. The molecule has 1 N–H and O–H groups in total.